The van der Waals surface area contributed by atoms with E-state index in [2.05, 4.69) is 4.98 Å². The molecule has 0 aliphatic carbocycles. The summed E-state index contributed by atoms with van der Waals surface area (Å²) in [6.07, 6.45) is 0.300. The zero-order valence-corrected chi connectivity index (χ0v) is 15.7. The second kappa shape index (κ2) is 10.0. The number of carbonyl (C=O) groups is 2. The lowest BCUT2D eigenvalue weighted by Crippen LogP contribution is -2.36. The molecule has 0 fully saturated rings. The summed E-state index contributed by atoms with van der Waals surface area (Å²) in [7, 11) is 0. The quantitative estimate of drug-likeness (QED) is 0.650. The predicted octanol–water partition coefficient (Wildman–Crippen LogP) is 2.93. The second-order valence-corrected chi connectivity index (χ2v) is 6.54. The topological polar surface area (TPSA) is 107 Å². The minimum absolute atomic E-state index is 0.143. The van der Waals surface area contributed by atoms with Crippen molar-refractivity contribution in [3.05, 3.63) is 40.9 Å². The minimum Gasteiger partial charge on any atom is -0.451 e. The lowest BCUT2D eigenvalue weighted by atomic mass is 10.2. The molecule has 0 aliphatic heterocycles. The molecule has 0 spiro atoms. The molecule has 1 aromatic carbocycles. The van der Waals surface area contributed by atoms with Crippen LogP contribution in [-0.2, 0) is 9.53 Å². The van der Waals surface area contributed by atoms with Gasteiger partial charge >= 0.3 is 5.97 Å². The predicted molar refractivity (Wildman–Crippen MR) is 99.6 cm³/mol. The Hall–Kier alpha value is -3.23. The Morgan fingerprint density at radius 2 is 1.78 bits per heavy atom. The number of nitrogens with zero attached hydrogens (tertiary/aromatic N) is 4. The van der Waals surface area contributed by atoms with E-state index in [1.54, 1.807) is 5.38 Å². The molecule has 27 heavy (non-hydrogen) atoms. The van der Waals surface area contributed by atoms with Crippen LogP contribution < -0.4 is 0 Å². The standard InChI is InChI=1S/C19H18N4O3S/c1-14-4-6-15(7-5-14)18-22-16(13-27-18)19(25)26-12-17(24)23(10-2-8-20)11-3-9-21/h4-7,13H,2-3,10-12H2,1H3. The van der Waals surface area contributed by atoms with Crippen LogP contribution in [0, 0.1) is 29.6 Å². The molecule has 2 aromatic rings. The van der Waals surface area contributed by atoms with Crippen LogP contribution in [0.4, 0.5) is 0 Å². The van der Waals surface area contributed by atoms with Gasteiger partial charge in [-0.05, 0) is 6.92 Å². The Balaban J connectivity index is 1.94. The van der Waals surface area contributed by atoms with Gasteiger partial charge in [-0.2, -0.15) is 10.5 Å². The maximum absolute atomic E-state index is 12.2. The van der Waals surface area contributed by atoms with Crippen LogP contribution in [0.15, 0.2) is 29.6 Å². The van der Waals surface area contributed by atoms with Crippen LogP contribution in [0.1, 0.15) is 28.9 Å². The Kier molecular flexibility index (Phi) is 7.48. The van der Waals surface area contributed by atoms with E-state index in [4.69, 9.17) is 15.3 Å². The number of rotatable bonds is 8. The zero-order valence-electron chi connectivity index (χ0n) is 14.8. The molecule has 0 bridgehead atoms. The number of hydrogen-bond donors (Lipinski definition) is 0. The number of aromatic nitrogens is 1. The Morgan fingerprint density at radius 1 is 1.15 bits per heavy atom. The number of esters is 1. The van der Waals surface area contributed by atoms with Crippen LogP contribution in [0.3, 0.4) is 0 Å². The second-order valence-electron chi connectivity index (χ2n) is 5.68. The molecule has 138 valence electrons. The summed E-state index contributed by atoms with van der Waals surface area (Å²) >= 11 is 1.32. The van der Waals surface area contributed by atoms with Crippen molar-refractivity contribution >= 4 is 23.2 Å². The summed E-state index contributed by atoms with van der Waals surface area (Å²) in [6.45, 7) is 1.93. The Bertz CT molecular complexity index is 860. The first-order valence-corrected chi connectivity index (χ1v) is 9.14. The van der Waals surface area contributed by atoms with E-state index in [0.717, 1.165) is 11.1 Å². The van der Waals surface area contributed by atoms with Crippen molar-refractivity contribution in [2.75, 3.05) is 19.7 Å². The third-order valence-corrected chi connectivity index (χ3v) is 4.57. The molecule has 0 unspecified atom stereocenters. The van der Waals surface area contributed by atoms with Gasteiger partial charge in [-0.25, -0.2) is 9.78 Å². The van der Waals surface area contributed by atoms with E-state index in [1.807, 2.05) is 43.3 Å². The average Bonchev–Trinajstić information content (AvgIpc) is 3.17. The molecular weight excluding hydrogens is 364 g/mol. The van der Waals surface area contributed by atoms with Gasteiger partial charge in [0.15, 0.2) is 12.3 Å². The smallest absolute Gasteiger partial charge is 0.358 e. The molecule has 0 aliphatic rings. The van der Waals surface area contributed by atoms with Gasteiger partial charge in [0, 0.05) is 24.0 Å². The van der Waals surface area contributed by atoms with Crippen LogP contribution in [0.2, 0.25) is 0 Å². The van der Waals surface area contributed by atoms with Gasteiger partial charge in [-0.3, -0.25) is 4.79 Å². The number of thiazole rings is 1. The fourth-order valence-electron chi connectivity index (χ4n) is 2.22. The summed E-state index contributed by atoms with van der Waals surface area (Å²) in [6, 6.07) is 11.7. The third kappa shape index (κ3) is 5.91. The summed E-state index contributed by atoms with van der Waals surface area (Å²) in [5.74, 6) is -1.12. The van der Waals surface area contributed by atoms with E-state index in [-0.39, 0.29) is 31.6 Å². The SMILES string of the molecule is Cc1ccc(-c2nc(C(=O)OCC(=O)N(CCC#N)CCC#N)cs2)cc1. The molecule has 0 atom stereocenters. The average molecular weight is 382 g/mol. The molecule has 0 radical (unpaired) electrons. The van der Waals surface area contributed by atoms with E-state index < -0.39 is 18.5 Å². The van der Waals surface area contributed by atoms with Crippen molar-refractivity contribution in [2.24, 2.45) is 0 Å². The molecule has 7 nitrogen and oxygen atoms in total. The fourth-order valence-corrected chi connectivity index (χ4v) is 3.02. The molecule has 0 saturated heterocycles. The molecular formula is C19H18N4O3S. The van der Waals surface area contributed by atoms with Crippen LogP contribution >= 0.6 is 11.3 Å². The molecule has 8 heteroatoms. The lowest BCUT2D eigenvalue weighted by molar-refractivity contribution is -0.134. The molecule has 1 aromatic heterocycles. The number of carbonyl (C=O) groups excluding carboxylic acids is 2. The van der Waals surface area contributed by atoms with Crippen LogP contribution in [0.25, 0.3) is 10.6 Å². The van der Waals surface area contributed by atoms with Crippen molar-refractivity contribution in [3.8, 4) is 22.7 Å². The lowest BCUT2D eigenvalue weighted by Gasteiger charge is -2.19. The third-order valence-electron chi connectivity index (χ3n) is 3.68. The number of amides is 1. The van der Waals surface area contributed by atoms with E-state index in [1.165, 1.54) is 16.2 Å². The monoisotopic (exact) mass is 382 g/mol. The van der Waals surface area contributed by atoms with Crippen molar-refractivity contribution in [1.29, 1.82) is 10.5 Å². The summed E-state index contributed by atoms with van der Waals surface area (Å²) in [4.78, 5) is 29.9. The summed E-state index contributed by atoms with van der Waals surface area (Å²) < 4.78 is 5.05. The molecule has 0 N–H and O–H groups in total. The van der Waals surface area contributed by atoms with Gasteiger partial charge in [0.05, 0.1) is 25.0 Å². The van der Waals surface area contributed by atoms with Crippen molar-refractivity contribution in [2.45, 2.75) is 19.8 Å². The Morgan fingerprint density at radius 3 is 2.37 bits per heavy atom. The van der Waals surface area contributed by atoms with E-state index in [9.17, 15) is 9.59 Å². The van der Waals surface area contributed by atoms with Gasteiger partial charge in [-0.1, -0.05) is 29.8 Å². The van der Waals surface area contributed by atoms with E-state index >= 15 is 0 Å². The molecule has 1 heterocycles. The van der Waals surface area contributed by atoms with Gasteiger partial charge in [0.2, 0.25) is 0 Å². The number of nitriles is 2. The maximum Gasteiger partial charge on any atom is 0.358 e. The first kappa shape index (κ1) is 20.1. The van der Waals surface area contributed by atoms with Crippen LogP contribution in [0.5, 0.6) is 0 Å². The zero-order chi connectivity index (χ0) is 19.6. The largest absolute Gasteiger partial charge is 0.451 e. The van der Waals surface area contributed by atoms with Crippen LogP contribution in [-0.4, -0.2) is 41.5 Å². The number of benzene rings is 1. The normalized spacial score (nSPS) is 9.89. The van der Waals surface area contributed by atoms with Gasteiger partial charge in [0.1, 0.15) is 5.01 Å². The van der Waals surface area contributed by atoms with Crippen molar-refractivity contribution in [1.82, 2.24) is 9.88 Å². The van der Waals surface area contributed by atoms with Crippen molar-refractivity contribution in [3.63, 3.8) is 0 Å². The summed E-state index contributed by atoms with van der Waals surface area (Å²) in [5, 5.41) is 19.6. The first-order valence-electron chi connectivity index (χ1n) is 8.26. The van der Waals surface area contributed by atoms with E-state index in [0.29, 0.717) is 5.01 Å². The summed E-state index contributed by atoms with van der Waals surface area (Å²) in [5.41, 5.74) is 2.18. The number of hydrogen-bond acceptors (Lipinski definition) is 7. The van der Waals surface area contributed by atoms with Gasteiger partial charge in [-0.15, -0.1) is 11.3 Å². The number of aryl methyl sites for hydroxylation is 1. The van der Waals surface area contributed by atoms with Crippen molar-refractivity contribution < 1.29 is 14.3 Å². The van der Waals surface area contributed by atoms with Gasteiger partial charge < -0.3 is 9.64 Å². The fraction of sp³-hybridized carbons (Fsp3) is 0.316. The molecule has 2 rings (SSSR count). The Labute approximate surface area is 161 Å². The number of ether oxygens (including phenoxy) is 1. The molecule has 0 saturated carbocycles. The first-order chi connectivity index (χ1) is 13.0. The maximum atomic E-state index is 12.2. The minimum atomic E-state index is -0.682. The van der Waals surface area contributed by atoms with Gasteiger partial charge in [0.25, 0.3) is 5.91 Å². The highest BCUT2D eigenvalue weighted by Gasteiger charge is 2.18. The highest BCUT2D eigenvalue weighted by Crippen LogP contribution is 2.24. The highest BCUT2D eigenvalue weighted by atomic mass is 32.1. The molecule has 1 amide bonds. The highest BCUT2D eigenvalue weighted by molar-refractivity contribution is 7.13.